The highest BCUT2D eigenvalue weighted by molar-refractivity contribution is 7.99. The normalized spacial score (nSPS) is 10.3. The van der Waals surface area contributed by atoms with Gasteiger partial charge in [-0.05, 0) is 24.3 Å². The molecule has 1 aromatic heterocycles. The van der Waals surface area contributed by atoms with Gasteiger partial charge in [0.1, 0.15) is 5.03 Å². The maximum absolute atomic E-state index is 11.0. The minimum Gasteiger partial charge on any atom is -0.478 e. The molecule has 0 aliphatic rings. The lowest BCUT2D eigenvalue weighted by Crippen LogP contribution is -2.03. The molecule has 3 N–H and O–H groups in total. The molecular weight excluding hydrogens is 272 g/mol. The van der Waals surface area contributed by atoms with Crippen molar-refractivity contribution in [3.8, 4) is 0 Å². The van der Waals surface area contributed by atoms with Crippen LogP contribution in [0.5, 0.6) is 0 Å². The Morgan fingerprint density at radius 2 is 2.11 bits per heavy atom. The SMILES string of the molecule is Nc1c(Sc2ncccc2Cl)cccc1C(=O)O. The molecule has 0 spiro atoms. The number of halogens is 1. The van der Waals surface area contributed by atoms with Gasteiger partial charge in [0.15, 0.2) is 0 Å². The molecule has 0 saturated heterocycles. The monoisotopic (exact) mass is 280 g/mol. The summed E-state index contributed by atoms with van der Waals surface area (Å²) in [5, 5.41) is 10.1. The van der Waals surface area contributed by atoms with Crippen molar-refractivity contribution in [1.29, 1.82) is 0 Å². The summed E-state index contributed by atoms with van der Waals surface area (Å²) in [5.74, 6) is -1.05. The molecule has 1 aromatic carbocycles. The Hall–Kier alpha value is -1.72. The summed E-state index contributed by atoms with van der Waals surface area (Å²) in [6, 6.07) is 8.27. The van der Waals surface area contributed by atoms with Crippen molar-refractivity contribution in [2.75, 3.05) is 5.73 Å². The quantitative estimate of drug-likeness (QED) is 0.845. The molecule has 2 aromatic rings. The Kier molecular flexibility index (Phi) is 3.74. The largest absolute Gasteiger partial charge is 0.478 e. The Morgan fingerprint density at radius 3 is 2.78 bits per heavy atom. The Morgan fingerprint density at radius 1 is 1.33 bits per heavy atom. The van der Waals surface area contributed by atoms with E-state index in [1.54, 1.807) is 30.5 Å². The van der Waals surface area contributed by atoms with E-state index < -0.39 is 5.97 Å². The average molecular weight is 281 g/mol. The molecule has 1 heterocycles. The molecular formula is C12H9ClN2O2S. The number of rotatable bonds is 3. The standard InChI is InChI=1S/C12H9ClN2O2S/c13-8-4-2-6-15-11(8)18-9-5-1-3-7(10(9)14)12(16)17/h1-6H,14H2,(H,16,17). The number of nitrogens with zero attached hydrogens (tertiary/aromatic N) is 1. The number of benzene rings is 1. The van der Waals surface area contributed by atoms with Crippen LogP contribution in [-0.2, 0) is 0 Å². The fourth-order valence-corrected chi connectivity index (χ4v) is 2.46. The molecule has 0 unspecified atom stereocenters. The summed E-state index contributed by atoms with van der Waals surface area (Å²) < 4.78 is 0. The number of carboxylic acid groups (broad SMARTS) is 1. The molecule has 18 heavy (non-hydrogen) atoms. The van der Waals surface area contributed by atoms with Gasteiger partial charge in [-0.1, -0.05) is 29.4 Å². The summed E-state index contributed by atoms with van der Waals surface area (Å²) in [5.41, 5.74) is 6.10. The van der Waals surface area contributed by atoms with E-state index in [-0.39, 0.29) is 11.3 Å². The minimum absolute atomic E-state index is 0.0760. The van der Waals surface area contributed by atoms with Crippen LogP contribution in [0.25, 0.3) is 0 Å². The molecule has 0 aliphatic heterocycles. The van der Waals surface area contributed by atoms with Crippen molar-refractivity contribution in [2.45, 2.75) is 9.92 Å². The molecule has 92 valence electrons. The molecule has 0 bridgehead atoms. The number of aromatic nitrogens is 1. The lowest BCUT2D eigenvalue weighted by Gasteiger charge is -2.08. The van der Waals surface area contributed by atoms with Gasteiger partial charge in [0.2, 0.25) is 0 Å². The summed E-state index contributed by atoms with van der Waals surface area (Å²) >= 11 is 7.23. The lowest BCUT2D eigenvalue weighted by atomic mass is 10.2. The lowest BCUT2D eigenvalue weighted by molar-refractivity contribution is 0.0698. The van der Waals surface area contributed by atoms with Crippen molar-refractivity contribution in [3.05, 3.63) is 47.1 Å². The van der Waals surface area contributed by atoms with E-state index in [0.29, 0.717) is 14.9 Å². The van der Waals surface area contributed by atoms with E-state index in [9.17, 15) is 4.79 Å². The van der Waals surface area contributed by atoms with Gasteiger partial charge >= 0.3 is 5.97 Å². The second-order valence-electron chi connectivity index (χ2n) is 3.41. The number of nitrogen functional groups attached to an aromatic ring is 1. The number of aromatic carboxylic acids is 1. The van der Waals surface area contributed by atoms with Gasteiger partial charge < -0.3 is 10.8 Å². The Bertz CT molecular complexity index is 604. The second kappa shape index (κ2) is 5.29. The fourth-order valence-electron chi connectivity index (χ4n) is 1.37. The zero-order valence-corrected chi connectivity index (χ0v) is 10.7. The predicted molar refractivity (Wildman–Crippen MR) is 71.2 cm³/mol. The van der Waals surface area contributed by atoms with Crippen LogP contribution in [0.3, 0.4) is 0 Å². The number of para-hydroxylation sites is 1. The number of hydrogen-bond acceptors (Lipinski definition) is 4. The highest BCUT2D eigenvalue weighted by Gasteiger charge is 2.13. The molecule has 0 aliphatic carbocycles. The molecule has 2 rings (SSSR count). The highest BCUT2D eigenvalue weighted by atomic mass is 35.5. The van der Waals surface area contributed by atoms with Gasteiger partial charge in [-0.25, -0.2) is 9.78 Å². The van der Waals surface area contributed by atoms with E-state index in [1.807, 2.05) is 0 Å². The predicted octanol–water partition coefficient (Wildman–Crippen LogP) is 3.17. The van der Waals surface area contributed by atoms with Gasteiger partial charge in [0.25, 0.3) is 0 Å². The van der Waals surface area contributed by atoms with Crippen LogP contribution in [0, 0.1) is 0 Å². The topological polar surface area (TPSA) is 76.2 Å². The van der Waals surface area contributed by atoms with Crippen molar-refractivity contribution < 1.29 is 9.90 Å². The number of carbonyl (C=O) groups is 1. The smallest absolute Gasteiger partial charge is 0.337 e. The van der Waals surface area contributed by atoms with Crippen LogP contribution in [0.4, 0.5) is 5.69 Å². The maximum atomic E-state index is 11.0. The van der Waals surface area contributed by atoms with E-state index in [2.05, 4.69) is 4.98 Å². The average Bonchev–Trinajstić information content (AvgIpc) is 2.34. The van der Waals surface area contributed by atoms with Gasteiger partial charge in [-0.2, -0.15) is 0 Å². The summed E-state index contributed by atoms with van der Waals surface area (Å²) in [7, 11) is 0. The van der Waals surface area contributed by atoms with Crippen LogP contribution >= 0.6 is 23.4 Å². The van der Waals surface area contributed by atoms with Crippen LogP contribution in [0.1, 0.15) is 10.4 Å². The zero-order valence-electron chi connectivity index (χ0n) is 9.13. The Labute approximate surface area is 113 Å². The van der Waals surface area contributed by atoms with Crippen LogP contribution in [0.2, 0.25) is 5.02 Å². The third-order valence-corrected chi connectivity index (χ3v) is 3.74. The third-order valence-electron chi connectivity index (χ3n) is 2.23. The van der Waals surface area contributed by atoms with Crippen LogP contribution in [-0.4, -0.2) is 16.1 Å². The van der Waals surface area contributed by atoms with Gasteiger partial charge in [-0.15, -0.1) is 0 Å². The molecule has 0 saturated carbocycles. The van der Waals surface area contributed by atoms with E-state index in [0.717, 1.165) is 0 Å². The number of hydrogen-bond donors (Lipinski definition) is 2. The minimum atomic E-state index is -1.05. The number of anilines is 1. The van der Waals surface area contributed by atoms with E-state index in [4.69, 9.17) is 22.4 Å². The molecule has 4 nitrogen and oxygen atoms in total. The molecule has 0 radical (unpaired) electrons. The first-order chi connectivity index (χ1) is 8.59. The number of pyridine rings is 1. The Balaban J connectivity index is 2.39. The van der Waals surface area contributed by atoms with E-state index >= 15 is 0 Å². The summed E-state index contributed by atoms with van der Waals surface area (Å²) in [6.45, 7) is 0. The third kappa shape index (κ3) is 2.57. The second-order valence-corrected chi connectivity index (χ2v) is 4.85. The van der Waals surface area contributed by atoms with Crippen molar-refractivity contribution in [3.63, 3.8) is 0 Å². The molecule has 0 atom stereocenters. The van der Waals surface area contributed by atoms with Crippen molar-refractivity contribution >= 4 is 35.0 Å². The first-order valence-corrected chi connectivity index (χ1v) is 6.19. The maximum Gasteiger partial charge on any atom is 0.337 e. The molecule has 6 heteroatoms. The van der Waals surface area contributed by atoms with E-state index in [1.165, 1.54) is 17.8 Å². The summed E-state index contributed by atoms with van der Waals surface area (Å²) in [4.78, 5) is 15.7. The first-order valence-electron chi connectivity index (χ1n) is 4.99. The van der Waals surface area contributed by atoms with Crippen LogP contribution < -0.4 is 5.73 Å². The van der Waals surface area contributed by atoms with Crippen molar-refractivity contribution in [1.82, 2.24) is 4.98 Å². The van der Waals surface area contributed by atoms with Crippen LogP contribution in [0.15, 0.2) is 46.5 Å². The summed E-state index contributed by atoms with van der Waals surface area (Å²) in [6.07, 6.45) is 1.62. The zero-order chi connectivity index (χ0) is 13.1. The number of nitrogens with two attached hydrogens (primary N) is 1. The van der Waals surface area contributed by atoms with Gasteiger partial charge in [-0.3, -0.25) is 0 Å². The first kappa shape index (κ1) is 12.7. The molecule has 0 amide bonds. The van der Waals surface area contributed by atoms with Gasteiger partial charge in [0, 0.05) is 11.1 Å². The molecule has 0 fully saturated rings. The van der Waals surface area contributed by atoms with Gasteiger partial charge in [0.05, 0.1) is 16.3 Å². The highest BCUT2D eigenvalue weighted by Crippen LogP contribution is 2.35. The fraction of sp³-hybridized carbons (Fsp3) is 0. The van der Waals surface area contributed by atoms with Crippen molar-refractivity contribution in [2.24, 2.45) is 0 Å². The number of carboxylic acids is 1.